The molecule has 0 saturated heterocycles. The lowest BCUT2D eigenvalue weighted by molar-refractivity contribution is -0.137. The number of hydrogen-bond donors (Lipinski definition) is 0. The third-order valence-electron chi connectivity index (χ3n) is 5.61. The summed E-state index contributed by atoms with van der Waals surface area (Å²) in [5.41, 5.74) is 0.376. The molecule has 0 aliphatic rings. The minimum atomic E-state index is -4.53. The SMILES string of the molecule is COc1ccc2c(c1)c(OCc1noc(-c3cccc(C(F)(F)F)c3)n1)nn2S(=O)(=O)c1ccc(C)cc1. The van der Waals surface area contributed by atoms with Gasteiger partial charge in [0.05, 0.1) is 28.5 Å². The molecule has 0 unspecified atom stereocenters. The molecule has 3 aromatic carbocycles. The van der Waals surface area contributed by atoms with Crippen molar-refractivity contribution in [3.8, 4) is 23.1 Å². The Hall–Kier alpha value is -4.39. The largest absolute Gasteiger partial charge is 0.497 e. The number of aromatic nitrogens is 4. The van der Waals surface area contributed by atoms with Gasteiger partial charge < -0.3 is 14.0 Å². The van der Waals surface area contributed by atoms with Gasteiger partial charge in [0.1, 0.15) is 5.75 Å². The highest BCUT2D eigenvalue weighted by molar-refractivity contribution is 7.90. The lowest BCUT2D eigenvalue weighted by atomic mass is 10.1. The van der Waals surface area contributed by atoms with Gasteiger partial charge in [-0.2, -0.15) is 26.6 Å². The van der Waals surface area contributed by atoms with Gasteiger partial charge in [-0.25, -0.2) is 0 Å². The van der Waals surface area contributed by atoms with Crippen molar-refractivity contribution in [1.29, 1.82) is 0 Å². The summed E-state index contributed by atoms with van der Waals surface area (Å²) in [6.07, 6.45) is -4.53. The molecule has 0 bridgehead atoms. The zero-order valence-electron chi connectivity index (χ0n) is 19.9. The molecule has 5 rings (SSSR count). The maximum atomic E-state index is 13.4. The fourth-order valence-corrected chi connectivity index (χ4v) is 4.94. The summed E-state index contributed by atoms with van der Waals surface area (Å²) < 4.78 is 82.8. The van der Waals surface area contributed by atoms with Crippen LogP contribution in [0.4, 0.5) is 13.2 Å². The number of fused-ring (bicyclic) bond motifs is 1. The summed E-state index contributed by atoms with van der Waals surface area (Å²) in [5.74, 6) is 0.291. The minimum Gasteiger partial charge on any atom is -0.497 e. The van der Waals surface area contributed by atoms with Crippen LogP contribution < -0.4 is 9.47 Å². The number of nitrogens with zero attached hydrogens (tertiary/aromatic N) is 4. The van der Waals surface area contributed by atoms with Gasteiger partial charge in [0, 0.05) is 5.56 Å². The second kappa shape index (κ2) is 9.49. The highest BCUT2D eigenvalue weighted by Crippen LogP contribution is 2.33. The van der Waals surface area contributed by atoms with E-state index in [0.29, 0.717) is 11.1 Å². The first-order valence-corrected chi connectivity index (χ1v) is 12.5. The lowest BCUT2D eigenvalue weighted by Crippen LogP contribution is -2.14. The Bertz CT molecular complexity index is 1730. The molecule has 9 nitrogen and oxygen atoms in total. The van der Waals surface area contributed by atoms with Crippen molar-refractivity contribution in [2.24, 2.45) is 0 Å². The number of aryl methyl sites for hydroxylation is 1. The maximum Gasteiger partial charge on any atom is 0.416 e. The molecule has 2 aromatic heterocycles. The molecule has 13 heteroatoms. The first kappa shape index (κ1) is 25.3. The fourth-order valence-electron chi connectivity index (χ4n) is 3.66. The average molecular weight is 545 g/mol. The quantitative estimate of drug-likeness (QED) is 0.274. The van der Waals surface area contributed by atoms with Crippen LogP contribution in [-0.2, 0) is 22.8 Å². The molecule has 0 amide bonds. The predicted molar refractivity (Wildman–Crippen MR) is 129 cm³/mol. The molecular weight excluding hydrogens is 525 g/mol. The van der Waals surface area contributed by atoms with Crippen molar-refractivity contribution in [1.82, 2.24) is 19.3 Å². The molecule has 0 atom stereocenters. The van der Waals surface area contributed by atoms with Crippen LogP contribution >= 0.6 is 0 Å². The molecule has 0 saturated carbocycles. The molecule has 0 N–H and O–H groups in total. The third kappa shape index (κ3) is 4.79. The van der Waals surface area contributed by atoms with E-state index in [2.05, 4.69) is 15.2 Å². The van der Waals surface area contributed by atoms with E-state index in [1.54, 1.807) is 30.3 Å². The van der Waals surface area contributed by atoms with E-state index in [9.17, 15) is 21.6 Å². The maximum absolute atomic E-state index is 13.4. The van der Waals surface area contributed by atoms with Crippen LogP contribution in [0.1, 0.15) is 17.0 Å². The highest BCUT2D eigenvalue weighted by Gasteiger charge is 2.31. The van der Waals surface area contributed by atoms with E-state index in [-0.39, 0.29) is 40.2 Å². The van der Waals surface area contributed by atoms with Gasteiger partial charge in [-0.05, 0) is 55.5 Å². The van der Waals surface area contributed by atoms with E-state index >= 15 is 0 Å². The third-order valence-corrected chi connectivity index (χ3v) is 7.21. The van der Waals surface area contributed by atoms with E-state index in [0.717, 1.165) is 21.8 Å². The smallest absolute Gasteiger partial charge is 0.416 e. The van der Waals surface area contributed by atoms with Crippen molar-refractivity contribution >= 4 is 20.9 Å². The minimum absolute atomic E-state index is 0.0180. The Morgan fingerprint density at radius 3 is 2.50 bits per heavy atom. The summed E-state index contributed by atoms with van der Waals surface area (Å²) in [6, 6.07) is 15.5. The number of rotatable bonds is 7. The lowest BCUT2D eigenvalue weighted by Gasteiger charge is -2.06. The first-order chi connectivity index (χ1) is 18.1. The Labute approximate surface area is 214 Å². The van der Waals surface area contributed by atoms with Crippen LogP contribution in [0.2, 0.25) is 0 Å². The van der Waals surface area contributed by atoms with Crippen LogP contribution in [0.5, 0.6) is 11.6 Å². The van der Waals surface area contributed by atoms with Gasteiger partial charge in [0.2, 0.25) is 11.7 Å². The van der Waals surface area contributed by atoms with Gasteiger partial charge in [-0.1, -0.05) is 28.9 Å². The first-order valence-electron chi connectivity index (χ1n) is 11.1. The summed E-state index contributed by atoms with van der Waals surface area (Å²) in [5, 5.41) is 8.30. The van der Waals surface area contributed by atoms with Crippen molar-refractivity contribution < 1.29 is 35.6 Å². The predicted octanol–water partition coefficient (Wildman–Crippen LogP) is 5.24. The van der Waals surface area contributed by atoms with Crippen LogP contribution in [0.3, 0.4) is 0 Å². The molecule has 0 aliphatic carbocycles. The number of methoxy groups -OCH3 is 1. The van der Waals surface area contributed by atoms with Crippen molar-refractivity contribution in [3.05, 3.63) is 83.7 Å². The Balaban J connectivity index is 1.46. The molecule has 5 aromatic rings. The highest BCUT2D eigenvalue weighted by atomic mass is 32.2. The van der Waals surface area contributed by atoms with Gasteiger partial charge in [-0.3, -0.25) is 0 Å². The zero-order chi connectivity index (χ0) is 27.1. The standard InChI is InChI=1S/C25H19F3N4O5S/c1-15-6-9-19(10-7-15)38(33,34)32-21-11-8-18(35-2)13-20(21)24(30-32)36-14-22-29-23(37-31-22)16-4-3-5-17(12-16)25(26,27)28/h3-13H,14H2,1-2H3. The number of alkyl halides is 3. The van der Waals surface area contributed by atoms with Crippen molar-refractivity contribution in [2.45, 2.75) is 24.6 Å². The Morgan fingerprint density at radius 1 is 1.03 bits per heavy atom. The molecule has 2 heterocycles. The number of hydrogen-bond acceptors (Lipinski definition) is 8. The Kier molecular flexibility index (Phi) is 6.31. The topological polar surface area (TPSA) is 109 Å². The fraction of sp³-hybridized carbons (Fsp3) is 0.160. The van der Waals surface area contributed by atoms with Gasteiger partial charge in [0.25, 0.3) is 15.9 Å². The molecule has 0 fully saturated rings. The van der Waals surface area contributed by atoms with Crippen LogP contribution in [-0.4, -0.2) is 34.9 Å². The zero-order valence-corrected chi connectivity index (χ0v) is 20.7. The summed E-state index contributed by atoms with van der Waals surface area (Å²) in [4.78, 5) is 4.14. The van der Waals surface area contributed by atoms with E-state index in [1.807, 2.05) is 6.92 Å². The second-order valence-corrected chi connectivity index (χ2v) is 10.00. The monoisotopic (exact) mass is 544 g/mol. The van der Waals surface area contributed by atoms with Crippen molar-refractivity contribution in [2.75, 3.05) is 7.11 Å². The molecule has 0 radical (unpaired) electrons. The number of ether oxygens (including phenoxy) is 2. The number of benzene rings is 3. The van der Waals surface area contributed by atoms with Crippen LogP contribution in [0.25, 0.3) is 22.4 Å². The average Bonchev–Trinajstić information content (AvgIpc) is 3.52. The van der Waals surface area contributed by atoms with E-state index < -0.39 is 21.8 Å². The number of halogens is 3. The second-order valence-electron chi connectivity index (χ2n) is 8.23. The molecule has 0 spiro atoms. The van der Waals surface area contributed by atoms with Crippen LogP contribution in [0, 0.1) is 6.92 Å². The van der Waals surface area contributed by atoms with E-state index in [4.69, 9.17) is 14.0 Å². The summed E-state index contributed by atoms with van der Waals surface area (Å²) in [6.45, 7) is 1.55. The Morgan fingerprint density at radius 2 is 1.79 bits per heavy atom. The van der Waals surface area contributed by atoms with E-state index in [1.165, 1.54) is 31.4 Å². The molecule has 0 aliphatic heterocycles. The van der Waals surface area contributed by atoms with Gasteiger partial charge in [-0.15, -0.1) is 9.19 Å². The normalized spacial score (nSPS) is 12.1. The molecule has 196 valence electrons. The summed E-state index contributed by atoms with van der Waals surface area (Å²) in [7, 11) is -2.61. The van der Waals surface area contributed by atoms with Crippen molar-refractivity contribution in [3.63, 3.8) is 0 Å². The molecule has 38 heavy (non-hydrogen) atoms. The van der Waals surface area contributed by atoms with Gasteiger partial charge >= 0.3 is 6.18 Å². The van der Waals surface area contributed by atoms with Crippen LogP contribution in [0.15, 0.2) is 76.1 Å². The van der Waals surface area contributed by atoms with Gasteiger partial charge in [0.15, 0.2) is 6.61 Å². The summed E-state index contributed by atoms with van der Waals surface area (Å²) >= 11 is 0. The molecular formula is C25H19F3N4O5S.